The van der Waals surface area contributed by atoms with Gasteiger partial charge in [-0.1, -0.05) is 49.6 Å². The van der Waals surface area contributed by atoms with Crippen LogP contribution in [-0.2, 0) is 22.7 Å². The Morgan fingerprint density at radius 3 is 2.48 bits per heavy atom. The van der Waals surface area contributed by atoms with Crippen molar-refractivity contribution in [3.63, 3.8) is 0 Å². The molecule has 2 unspecified atom stereocenters. The second-order valence-corrected chi connectivity index (χ2v) is 13.0. The fourth-order valence-corrected chi connectivity index (χ4v) is 7.47. The van der Waals surface area contributed by atoms with Gasteiger partial charge in [0, 0.05) is 50.3 Å². The molecule has 2 aromatic carbocycles. The van der Waals surface area contributed by atoms with Crippen molar-refractivity contribution in [1.82, 2.24) is 20.1 Å². The summed E-state index contributed by atoms with van der Waals surface area (Å²) in [6, 6.07) is 16.2. The topological polar surface area (TPSA) is 87.9 Å². The van der Waals surface area contributed by atoms with Gasteiger partial charge in [0.05, 0.1) is 12.7 Å². The summed E-state index contributed by atoms with van der Waals surface area (Å²) >= 11 is 0. The average Bonchev–Trinajstić information content (AvgIpc) is 3.59. The fourth-order valence-electron chi connectivity index (χ4n) is 7.47. The first-order valence-electron chi connectivity index (χ1n) is 16.6. The lowest BCUT2D eigenvalue weighted by Crippen LogP contribution is -2.50. The number of para-hydroxylation sites is 1. The fraction of sp³-hybridized carbons (Fsp3) is 0.528. The lowest BCUT2D eigenvalue weighted by Gasteiger charge is -2.39. The first kappa shape index (κ1) is 30.4. The number of fused-ring (bicyclic) bond motifs is 2. The maximum atomic E-state index is 12.8. The van der Waals surface area contributed by atoms with E-state index in [2.05, 4.69) is 21.3 Å². The molecule has 1 saturated heterocycles. The van der Waals surface area contributed by atoms with Crippen LogP contribution < -0.4 is 10.1 Å². The highest BCUT2D eigenvalue weighted by Gasteiger charge is 2.31. The number of oxazole rings is 1. The van der Waals surface area contributed by atoms with E-state index in [1.54, 1.807) is 12.5 Å². The van der Waals surface area contributed by atoms with Crippen molar-refractivity contribution in [2.45, 2.75) is 70.9 Å². The highest BCUT2D eigenvalue weighted by Crippen LogP contribution is 2.43. The molecule has 3 aromatic rings. The molecular formula is C36H46N4O4. The number of aromatic nitrogens is 1. The van der Waals surface area contributed by atoms with Crippen molar-refractivity contribution >= 4 is 11.8 Å². The Kier molecular flexibility index (Phi) is 10.3. The summed E-state index contributed by atoms with van der Waals surface area (Å²) in [5.41, 5.74) is 3.14. The number of nitrogens with zero attached hydrogens (tertiary/aromatic N) is 3. The summed E-state index contributed by atoms with van der Waals surface area (Å²) in [4.78, 5) is 33.7. The Bertz CT molecular complexity index is 1340. The maximum absolute atomic E-state index is 12.8. The molecular weight excluding hydrogens is 552 g/mol. The molecule has 2 atom stereocenters. The summed E-state index contributed by atoms with van der Waals surface area (Å²) in [5, 5.41) is 2.89. The van der Waals surface area contributed by atoms with Crippen molar-refractivity contribution in [2.24, 2.45) is 17.8 Å². The molecule has 2 amide bonds. The standard InChI is InChI=1S/C36H46N4O4/c41-34(10-4-7-30-22-28-5-3-6-29(21-28)23-30)38-24-35(42)40-18-16-39(17-19-40)25-32-8-1-2-9-33(32)44-26-27-11-13-31(14-12-27)36-37-15-20-43-36/h1-2,8-9,11-15,20,28-30H,3-7,10,16-19,21-26H2,(H,38,41). The summed E-state index contributed by atoms with van der Waals surface area (Å²) in [6.07, 6.45) is 14.2. The van der Waals surface area contributed by atoms with E-state index < -0.39 is 0 Å². The van der Waals surface area contributed by atoms with Crippen LogP contribution in [0.5, 0.6) is 5.75 Å². The van der Waals surface area contributed by atoms with E-state index in [1.807, 2.05) is 47.4 Å². The molecule has 234 valence electrons. The van der Waals surface area contributed by atoms with Crippen LogP contribution in [-0.4, -0.2) is 59.3 Å². The van der Waals surface area contributed by atoms with Crippen LogP contribution in [0.1, 0.15) is 68.9 Å². The molecule has 44 heavy (non-hydrogen) atoms. The smallest absolute Gasteiger partial charge is 0.242 e. The van der Waals surface area contributed by atoms with Crippen molar-refractivity contribution in [3.05, 3.63) is 72.1 Å². The molecule has 2 heterocycles. The SMILES string of the molecule is O=C(CCCC1CC2CCCC(C1)C2)NCC(=O)N1CCN(Cc2ccccc2OCc2ccc(-c3ncco3)cc2)CC1. The van der Waals surface area contributed by atoms with Crippen LogP contribution >= 0.6 is 0 Å². The summed E-state index contributed by atoms with van der Waals surface area (Å²) in [5.74, 6) is 4.16. The van der Waals surface area contributed by atoms with Gasteiger partial charge in [-0.05, 0) is 73.6 Å². The van der Waals surface area contributed by atoms with E-state index in [-0.39, 0.29) is 18.4 Å². The molecule has 2 aliphatic carbocycles. The zero-order valence-electron chi connectivity index (χ0n) is 25.8. The second kappa shape index (κ2) is 14.9. The number of amides is 2. The van der Waals surface area contributed by atoms with Gasteiger partial charge in [0.25, 0.3) is 0 Å². The van der Waals surface area contributed by atoms with Crippen LogP contribution in [0.3, 0.4) is 0 Å². The molecule has 1 aliphatic heterocycles. The van der Waals surface area contributed by atoms with E-state index in [4.69, 9.17) is 9.15 Å². The van der Waals surface area contributed by atoms with Gasteiger partial charge in [-0.15, -0.1) is 0 Å². The Hall–Kier alpha value is -3.65. The van der Waals surface area contributed by atoms with Gasteiger partial charge in [-0.3, -0.25) is 14.5 Å². The number of carbonyl (C=O) groups excluding carboxylic acids is 2. The summed E-state index contributed by atoms with van der Waals surface area (Å²) in [6.45, 7) is 4.25. The van der Waals surface area contributed by atoms with E-state index in [9.17, 15) is 9.59 Å². The number of piperazine rings is 1. The number of carbonyl (C=O) groups is 2. The molecule has 2 bridgehead atoms. The van der Waals surface area contributed by atoms with Crippen LogP contribution in [0.25, 0.3) is 11.5 Å². The molecule has 8 heteroatoms. The summed E-state index contributed by atoms with van der Waals surface area (Å²) in [7, 11) is 0. The Labute approximate surface area is 261 Å². The minimum absolute atomic E-state index is 0.00933. The van der Waals surface area contributed by atoms with Crippen LogP contribution in [0, 0.1) is 17.8 Å². The van der Waals surface area contributed by atoms with Gasteiger partial charge in [0.2, 0.25) is 17.7 Å². The minimum atomic E-state index is 0.00933. The normalized spacial score (nSPS) is 22.0. The van der Waals surface area contributed by atoms with Gasteiger partial charge in [0.1, 0.15) is 18.6 Å². The zero-order valence-corrected chi connectivity index (χ0v) is 25.8. The predicted octanol–water partition coefficient (Wildman–Crippen LogP) is 6.07. The van der Waals surface area contributed by atoms with Crippen LogP contribution in [0.4, 0.5) is 0 Å². The van der Waals surface area contributed by atoms with Gasteiger partial charge in [-0.2, -0.15) is 0 Å². The predicted molar refractivity (Wildman–Crippen MR) is 170 cm³/mol. The average molecular weight is 599 g/mol. The van der Waals surface area contributed by atoms with Gasteiger partial charge < -0.3 is 19.4 Å². The minimum Gasteiger partial charge on any atom is -0.489 e. The van der Waals surface area contributed by atoms with Crippen molar-refractivity contribution in [2.75, 3.05) is 32.7 Å². The van der Waals surface area contributed by atoms with Gasteiger partial charge in [0.15, 0.2) is 0 Å². The third-order valence-electron chi connectivity index (χ3n) is 9.80. The molecule has 0 spiro atoms. The van der Waals surface area contributed by atoms with E-state index >= 15 is 0 Å². The quantitative estimate of drug-likeness (QED) is 0.272. The van der Waals surface area contributed by atoms with Crippen molar-refractivity contribution in [1.29, 1.82) is 0 Å². The van der Waals surface area contributed by atoms with Crippen molar-refractivity contribution in [3.8, 4) is 17.2 Å². The van der Waals surface area contributed by atoms with E-state index in [0.717, 1.165) is 72.7 Å². The summed E-state index contributed by atoms with van der Waals surface area (Å²) < 4.78 is 11.6. The van der Waals surface area contributed by atoms with Gasteiger partial charge in [-0.25, -0.2) is 4.98 Å². The highest BCUT2D eigenvalue weighted by molar-refractivity contribution is 5.84. The lowest BCUT2D eigenvalue weighted by molar-refractivity contribution is -0.134. The first-order valence-corrected chi connectivity index (χ1v) is 16.6. The Morgan fingerprint density at radius 2 is 1.73 bits per heavy atom. The van der Waals surface area contributed by atoms with E-state index in [0.29, 0.717) is 32.0 Å². The number of hydrogen-bond acceptors (Lipinski definition) is 6. The van der Waals surface area contributed by atoms with Crippen molar-refractivity contribution < 1.29 is 18.7 Å². The molecule has 8 nitrogen and oxygen atoms in total. The molecule has 0 radical (unpaired) electrons. The largest absolute Gasteiger partial charge is 0.489 e. The first-order chi connectivity index (χ1) is 21.6. The van der Waals surface area contributed by atoms with Crippen LogP contribution in [0.2, 0.25) is 0 Å². The molecule has 3 aliphatic rings. The maximum Gasteiger partial charge on any atom is 0.242 e. The van der Waals surface area contributed by atoms with Crippen LogP contribution in [0.15, 0.2) is 65.4 Å². The number of benzene rings is 2. The van der Waals surface area contributed by atoms with Gasteiger partial charge >= 0.3 is 0 Å². The highest BCUT2D eigenvalue weighted by atomic mass is 16.5. The molecule has 1 aromatic heterocycles. The number of nitrogens with one attached hydrogen (secondary N) is 1. The number of ether oxygens (including phenoxy) is 1. The zero-order chi connectivity index (χ0) is 30.1. The number of hydrogen-bond donors (Lipinski definition) is 1. The third kappa shape index (κ3) is 8.29. The van der Waals surface area contributed by atoms with E-state index in [1.165, 1.54) is 38.5 Å². The molecule has 1 N–H and O–H groups in total. The molecule has 6 rings (SSSR count). The Balaban J connectivity index is 0.885. The monoisotopic (exact) mass is 598 g/mol. The molecule has 3 fully saturated rings. The Morgan fingerprint density at radius 1 is 0.955 bits per heavy atom. The molecule has 2 saturated carbocycles. The lowest BCUT2D eigenvalue weighted by atomic mass is 9.67. The second-order valence-electron chi connectivity index (χ2n) is 13.0. The third-order valence-corrected chi connectivity index (χ3v) is 9.80. The number of rotatable bonds is 12.